The fraction of sp³-hybridized carbons (Fsp3) is 0.444. The van der Waals surface area contributed by atoms with Gasteiger partial charge in [-0.2, -0.15) is 0 Å². The number of ketones is 1. The van der Waals surface area contributed by atoms with Crippen molar-refractivity contribution in [1.82, 2.24) is 0 Å². The fourth-order valence-corrected chi connectivity index (χ4v) is 0.907. The van der Waals surface area contributed by atoms with Crippen LogP contribution >= 0.6 is 0 Å². The summed E-state index contributed by atoms with van der Waals surface area (Å²) in [7, 11) is 1.38. The molecule has 70 valence electrons. The molecule has 0 saturated carbocycles. The van der Waals surface area contributed by atoms with Gasteiger partial charge in [-0.15, -0.1) is 0 Å². The standard InChI is InChI=1S/C9H10O4/c1-9(5-6-12-2)7(10)3-4-8(11)13-9/h3-4,8,11H,1-2H3/t8-,9+/m1/s1. The predicted molar refractivity (Wildman–Crippen MR) is 44.4 cm³/mol. The van der Waals surface area contributed by atoms with Crippen LogP contribution in [0.1, 0.15) is 6.92 Å². The SMILES string of the molecule is COC#C[C@]1(C)O[C@@H](O)C=CC1=O. The van der Waals surface area contributed by atoms with E-state index in [0.717, 1.165) is 0 Å². The Labute approximate surface area is 76.1 Å². The minimum atomic E-state index is -1.30. The molecule has 0 aromatic carbocycles. The Kier molecular flexibility index (Phi) is 2.71. The number of methoxy groups -OCH3 is 1. The van der Waals surface area contributed by atoms with Crippen LogP contribution in [0.4, 0.5) is 0 Å². The van der Waals surface area contributed by atoms with E-state index in [0.29, 0.717) is 0 Å². The lowest BCUT2D eigenvalue weighted by molar-refractivity contribution is -0.159. The van der Waals surface area contributed by atoms with E-state index in [2.05, 4.69) is 16.8 Å². The topological polar surface area (TPSA) is 55.8 Å². The third-order valence-corrected chi connectivity index (χ3v) is 1.63. The van der Waals surface area contributed by atoms with Crippen molar-refractivity contribution in [3.8, 4) is 12.0 Å². The van der Waals surface area contributed by atoms with Crippen molar-refractivity contribution in [3.63, 3.8) is 0 Å². The molecule has 1 aliphatic heterocycles. The molecule has 1 aliphatic rings. The van der Waals surface area contributed by atoms with Crippen LogP contribution in [0.2, 0.25) is 0 Å². The Morgan fingerprint density at radius 3 is 3.08 bits per heavy atom. The lowest BCUT2D eigenvalue weighted by Crippen LogP contribution is -2.42. The van der Waals surface area contributed by atoms with Crippen molar-refractivity contribution in [3.05, 3.63) is 12.2 Å². The molecular weight excluding hydrogens is 172 g/mol. The Morgan fingerprint density at radius 1 is 1.77 bits per heavy atom. The van der Waals surface area contributed by atoms with E-state index in [1.165, 1.54) is 26.2 Å². The van der Waals surface area contributed by atoms with Crippen molar-refractivity contribution in [2.75, 3.05) is 7.11 Å². The second kappa shape index (κ2) is 3.60. The zero-order valence-electron chi connectivity index (χ0n) is 7.40. The van der Waals surface area contributed by atoms with Crippen LogP contribution in [0.25, 0.3) is 0 Å². The molecule has 13 heavy (non-hydrogen) atoms. The van der Waals surface area contributed by atoms with E-state index in [-0.39, 0.29) is 5.78 Å². The van der Waals surface area contributed by atoms with Crippen molar-refractivity contribution in [1.29, 1.82) is 0 Å². The van der Waals surface area contributed by atoms with Gasteiger partial charge in [-0.25, -0.2) is 0 Å². The minimum Gasteiger partial charge on any atom is -0.450 e. The molecule has 0 fully saturated rings. The average molecular weight is 182 g/mol. The Hall–Kier alpha value is -1.31. The van der Waals surface area contributed by atoms with Gasteiger partial charge in [-0.05, 0) is 25.0 Å². The molecule has 1 N–H and O–H groups in total. The summed E-state index contributed by atoms with van der Waals surface area (Å²) in [5.41, 5.74) is -1.30. The normalized spacial score (nSPS) is 32.2. The quantitative estimate of drug-likeness (QED) is 0.528. The van der Waals surface area contributed by atoms with Gasteiger partial charge >= 0.3 is 0 Å². The van der Waals surface area contributed by atoms with Crippen LogP contribution < -0.4 is 0 Å². The number of aliphatic hydroxyl groups excluding tert-OH is 1. The van der Waals surface area contributed by atoms with Gasteiger partial charge in [-0.3, -0.25) is 4.79 Å². The van der Waals surface area contributed by atoms with Crippen LogP contribution in [0, 0.1) is 12.0 Å². The van der Waals surface area contributed by atoms with E-state index in [4.69, 9.17) is 9.84 Å². The third kappa shape index (κ3) is 2.08. The van der Waals surface area contributed by atoms with Crippen LogP contribution in [0.5, 0.6) is 0 Å². The molecule has 0 spiro atoms. The van der Waals surface area contributed by atoms with E-state index >= 15 is 0 Å². The number of hydrogen-bond acceptors (Lipinski definition) is 4. The summed E-state index contributed by atoms with van der Waals surface area (Å²) in [6, 6.07) is 0. The molecule has 1 heterocycles. The van der Waals surface area contributed by atoms with Gasteiger partial charge in [0, 0.05) is 0 Å². The first kappa shape index (κ1) is 9.78. The summed E-state index contributed by atoms with van der Waals surface area (Å²) in [6.45, 7) is 1.48. The van der Waals surface area contributed by atoms with Crippen molar-refractivity contribution in [2.24, 2.45) is 0 Å². The highest BCUT2D eigenvalue weighted by Gasteiger charge is 2.35. The van der Waals surface area contributed by atoms with Crippen molar-refractivity contribution < 1.29 is 19.4 Å². The van der Waals surface area contributed by atoms with Gasteiger partial charge < -0.3 is 14.6 Å². The molecule has 0 unspecified atom stereocenters. The van der Waals surface area contributed by atoms with Crippen molar-refractivity contribution in [2.45, 2.75) is 18.8 Å². The van der Waals surface area contributed by atoms with Crippen LogP contribution in [-0.2, 0) is 14.3 Å². The molecule has 4 nitrogen and oxygen atoms in total. The van der Waals surface area contributed by atoms with Gasteiger partial charge in [-0.1, -0.05) is 0 Å². The summed E-state index contributed by atoms with van der Waals surface area (Å²) < 4.78 is 9.45. The zero-order chi connectivity index (χ0) is 9.90. The molecule has 0 aromatic rings. The first-order chi connectivity index (χ1) is 6.08. The number of carbonyl (C=O) groups is 1. The lowest BCUT2D eigenvalue weighted by Gasteiger charge is -2.26. The maximum absolute atomic E-state index is 11.3. The molecule has 0 saturated heterocycles. The molecule has 0 aromatic heterocycles. The van der Waals surface area contributed by atoms with E-state index < -0.39 is 11.9 Å². The average Bonchev–Trinajstić information content (AvgIpc) is 2.09. The summed E-state index contributed by atoms with van der Waals surface area (Å²) in [5.74, 6) is 2.17. The molecule has 0 amide bonds. The summed E-state index contributed by atoms with van der Waals surface area (Å²) in [6.07, 6.45) is 3.69. The summed E-state index contributed by atoms with van der Waals surface area (Å²) in [4.78, 5) is 11.3. The number of aliphatic hydroxyl groups is 1. The number of rotatable bonds is 0. The molecule has 0 bridgehead atoms. The molecule has 2 atom stereocenters. The molecular formula is C9H10O4. The highest BCUT2D eigenvalue weighted by molar-refractivity contribution is 6.00. The first-order valence-electron chi connectivity index (χ1n) is 3.72. The highest BCUT2D eigenvalue weighted by atomic mass is 16.6. The largest absolute Gasteiger partial charge is 0.450 e. The maximum atomic E-state index is 11.3. The first-order valence-corrected chi connectivity index (χ1v) is 3.72. The molecule has 0 radical (unpaired) electrons. The molecule has 1 rings (SSSR count). The van der Waals surface area contributed by atoms with Crippen LogP contribution in [0.3, 0.4) is 0 Å². The van der Waals surface area contributed by atoms with Crippen LogP contribution in [-0.4, -0.2) is 29.9 Å². The fourth-order valence-electron chi connectivity index (χ4n) is 0.907. The second-order valence-corrected chi connectivity index (χ2v) is 2.70. The molecule has 0 aliphatic carbocycles. The van der Waals surface area contributed by atoms with Crippen LogP contribution in [0.15, 0.2) is 12.2 Å². The van der Waals surface area contributed by atoms with Gasteiger partial charge in [0.05, 0.1) is 7.11 Å². The monoisotopic (exact) mass is 182 g/mol. The zero-order valence-corrected chi connectivity index (χ0v) is 7.40. The summed E-state index contributed by atoms with van der Waals surface area (Å²) in [5, 5.41) is 9.09. The maximum Gasteiger partial charge on any atom is 0.199 e. The smallest absolute Gasteiger partial charge is 0.199 e. The second-order valence-electron chi connectivity index (χ2n) is 2.70. The van der Waals surface area contributed by atoms with Crippen molar-refractivity contribution >= 4 is 5.78 Å². The van der Waals surface area contributed by atoms with Gasteiger partial charge in [0.15, 0.2) is 17.7 Å². The Bertz CT molecular complexity index is 296. The minimum absolute atomic E-state index is 0.303. The Balaban J connectivity index is 2.89. The molecule has 4 heteroatoms. The van der Waals surface area contributed by atoms with E-state index in [9.17, 15) is 4.79 Å². The van der Waals surface area contributed by atoms with Gasteiger partial charge in [0.1, 0.15) is 6.11 Å². The van der Waals surface area contributed by atoms with E-state index in [1.54, 1.807) is 0 Å². The van der Waals surface area contributed by atoms with Gasteiger partial charge in [0.2, 0.25) is 0 Å². The number of hydrogen-bond donors (Lipinski definition) is 1. The number of ether oxygens (including phenoxy) is 2. The Morgan fingerprint density at radius 2 is 2.46 bits per heavy atom. The number of carbonyl (C=O) groups excluding carboxylic acids is 1. The third-order valence-electron chi connectivity index (χ3n) is 1.63. The summed E-state index contributed by atoms with van der Waals surface area (Å²) >= 11 is 0. The van der Waals surface area contributed by atoms with E-state index in [1.807, 2.05) is 0 Å². The highest BCUT2D eigenvalue weighted by Crippen LogP contribution is 2.18. The lowest BCUT2D eigenvalue weighted by atomic mass is 9.99. The van der Waals surface area contributed by atoms with Gasteiger partial charge in [0.25, 0.3) is 0 Å². The predicted octanol–water partition coefficient (Wildman–Crippen LogP) is -0.174.